The van der Waals surface area contributed by atoms with Crippen LogP contribution < -0.4 is 0 Å². The van der Waals surface area contributed by atoms with Crippen LogP contribution in [0.15, 0.2) is 60.9 Å². The van der Waals surface area contributed by atoms with Crippen molar-refractivity contribution in [3.63, 3.8) is 0 Å². The van der Waals surface area contributed by atoms with Gasteiger partial charge in [-0.1, -0.05) is 37.8 Å². The van der Waals surface area contributed by atoms with E-state index in [0.717, 1.165) is 28.3 Å². The number of fused-ring (bicyclic) bond motifs is 1. The highest BCUT2D eigenvalue weighted by Gasteiger charge is 2.43. The first kappa shape index (κ1) is 18.8. The molecular weight excluding hydrogens is 338 g/mol. The van der Waals surface area contributed by atoms with Crippen LogP contribution >= 0.6 is 0 Å². The third kappa shape index (κ3) is 3.90. The summed E-state index contributed by atoms with van der Waals surface area (Å²) in [7, 11) is 1.37. The van der Waals surface area contributed by atoms with Gasteiger partial charge in [-0.05, 0) is 47.1 Å². The van der Waals surface area contributed by atoms with Gasteiger partial charge >= 0.3 is 5.97 Å². The van der Waals surface area contributed by atoms with Gasteiger partial charge < -0.3 is 4.74 Å². The van der Waals surface area contributed by atoms with Gasteiger partial charge in [-0.15, -0.1) is 0 Å². The second kappa shape index (κ2) is 7.70. The molecule has 2 aromatic carbocycles. The molecule has 138 valence electrons. The van der Waals surface area contributed by atoms with E-state index in [1.54, 1.807) is 18.3 Å². The lowest BCUT2D eigenvalue weighted by Gasteiger charge is -2.05. The minimum absolute atomic E-state index is 0. The van der Waals surface area contributed by atoms with E-state index >= 15 is 0 Å². The van der Waals surface area contributed by atoms with Crippen LogP contribution in [-0.4, -0.2) is 23.8 Å². The molecule has 0 unspecified atom stereocenters. The van der Waals surface area contributed by atoms with E-state index < -0.39 is 0 Å². The quantitative estimate of drug-likeness (QED) is 0.625. The van der Waals surface area contributed by atoms with Crippen molar-refractivity contribution in [3.8, 4) is 0 Å². The van der Waals surface area contributed by atoms with Gasteiger partial charge in [0.05, 0.1) is 12.7 Å². The fourth-order valence-corrected chi connectivity index (χ4v) is 3.48. The summed E-state index contributed by atoms with van der Waals surface area (Å²) < 4.78 is 4.71. The number of nitrogens with zero attached hydrogens (tertiary/aromatic N) is 1. The molecule has 2 atom stereocenters. The van der Waals surface area contributed by atoms with Crippen LogP contribution in [0.1, 0.15) is 41.3 Å². The molecule has 0 N–H and O–H groups in total. The lowest BCUT2D eigenvalue weighted by molar-refractivity contribution is -0.119. The molecule has 1 aliphatic carbocycles. The Labute approximate surface area is 159 Å². The molecule has 4 heteroatoms. The lowest BCUT2D eigenvalue weighted by atomic mass is 10.0. The van der Waals surface area contributed by atoms with Gasteiger partial charge in [-0.3, -0.25) is 9.78 Å². The Kier molecular flexibility index (Phi) is 5.36. The van der Waals surface area contributed by atoms with E-state index in [4.69, 9.17) is 4.74 Å². The third-order valence-corrected chi connectivity index (χ3v) is 5.05. The second-order valence-corrected chi connectivity index (χ2v) is 6.76. The maximum Gasteiger partial charge on any atom is 0.337 e. The summed E-state index contributed by atoms with van der Waals surface area (Å²) in [6.45, 7) is 0. The van der Waals surface area contributed by atoms with Gasteiger partial charge in [0.1, 0.15) is 5.78 Å². The lowest BCUT2D eigenvalue weighted by Crippen LogP contribution is -2.06. The van der Waals surface area contributed by atoms with Crippen molar-refractivity contribution in [1.82, 2.24) is 4.98 Å². The standard InChI is InChI=1S/C22H19NO3.CH4/c1-26-22(25)16-6-4-15(5-7-16)19-12-20(19)21(24)11-14-2-3-18-13-23-9-8-17(18)10-14;/h2-10,13,19-20H,11-12H2,1H3;1H4/t19-,20+;/m0./s1. The van der Waals surface area contributed by atoms with E-state index in [9.17, 15) is 9.59 Å². The zero-order valence-electron chi connectivity index (χ0n) is 14.5. The predicted octanol–water partition coefficient (Wildman–Crippen LogP) is 4.57. The van der Waals surface area contributed by atoms with Crippen LogP contribution in [0.4, 0.5) is 0 Å². The molecule has 27 heavy (non-hydrogen) atoms. The molecule has 4 nitrogen and oxygen atoms in total. The number of benzene rings is 2. The summed E-state index contributed by atoms with van der Waals surface area (Å²) in [5.41, 5.74) is 2.69. The highest BCUT2D eigenvalue weighted by molar-refractivity contribution is 5.90. The van der Waals surface area contributed by atoms with Crippen molar-refractivity contribution in [2.24, 2.45) is 5.92 Å². The molecule has 1 aromatic heterocycles. The van der Waals surface area contributed by atoms with E-state index in [0.29, 0.717) is 12.0 Å². The summed E-state index contributed by atoms with van der Waals surface area (Å²) in [5.74, 6) is 0.276. The molecule has 1 aliphatic rings. The maximum atomic E-state index is 12.6. The number of rotatable bonds is 5. The minimum atomic E-state index is -0.341. The molecule has 1 saturated carbocycles. The Hall–Kier alpha value is -3.01. The van der Waals surface area contributed by atoms with Crippen molar-refractivity contribution in [3.05, 3.63) is 77.6 Å². The average molecular weight is 361 g/mol. The summed E-state index contributed by atoms with van der Waals surface area (Å²) in [6.07, 6.45) is 4.94. The topological polar surface area (TPSA) is 56.3 Å². The zero-order chi connectivity index (χ0) is 18.1. The van der Waals surface area contributed by atoms with Crippen molar-refractivity contribution < 1.29 is 14.3 Å². The van der Waals surface area contributed by atoms with Crippen molar-refractivity contribution in [2.75, 3.05) is 7.11 Å². The highest BCUT2D eigenvalue weighted by atomic mass is 16.5. The van der Waals surface area contributed by atoms with Gasteiger partial charge in [-0.2, -0.15) is 0 Å². The number of aromatic nitrogens is 1. The molecular formula is C23H23NO3. The fraction of sp³-hybridized carbons (Fsp3) is 0.261. The zero-order valence-corrected chi connectivity index (χ0v) is 14.5. The monoisotopic (exact) mass is 361 g/mol. The number of carbonyl (C=O) groups is 2. The number of ketones is 1. The Balaban J connectivity index is 0.00000210. The van der Waals surface area contributed by atoms with Crippen LogP contribution in [0.5, 0.6) is 0 Å². The number of pyridine rings is 1. The largest absolute Gasteiger partial charge is 0.465 e. The summed E-state index contributed by atoms with van der Waals surface area (Å²) in [4.78, 5) is 28.2. The SMILES string of the molecule is C.COC(=O)c1ccc([C@@H]2C[C@H]2C(=O)Cc2ccc3cnccc3c2)cc1. The van der Waals surface area contributed by atoms with Crippen LogP contribution in [0.2, 0.25) is 0 Å². The first-order valence-electron chi connectivity index (χ1n) is 8.69. The smallest absolute Gasteiger partial charge is 0.337 e. The van der Waals surface area contributed by atoms with Gasteiger partial charge in [0.2, 0.25) is 0 Å². The number of Topliss-reactive ketones (excluding diaryl/α,β-unsaturated/α-hetero) is 1. The van der Waals surface area contributed by atoms with Gasteiger partial charge in [0.15, 0.2) is 0 Å². The number of hydrogen-bond donors (Lipinski definition) is 0. The second-order valence-electron chi connectivity index (χ2n) is 6.76. The van der Waals surface area contributed by atoms with E-state index in [1.807, 2.05) is 36.5 Å². The Morgan fingerprint density at radius 2 is 1.85 bits per heavy atom. The summed E-state index contributed by atoms with van der Waals surface area (Å²) >= 11 is 0. The van der Waals surface area contributed by atoms with Gasteiger partial charge in [0, 0.05) is 30.1 Å². The number of ether oxygens (including phenoxy) is 1. The van der Waals surface area contributed by atoms with Gasteiger partial charge in [-0.25, -0.2) is 4.79 Å². The fourth-order valence-electron chi connectivity index (χ4n) is 3.48. The Morgan fingerprint density at radius 1 is 1.07 bits per heavy atom. The van der Waals surface area contributed by atoms with E-state index in [2.05, 4.69) is 11.1 Å². The van der Waals surface area contributed by atoms with Crippen LogP contribution in [0.3, 0.4) is 0 Å². The number of methoxy groups -OCH3 is 1. The number of hydrogen-bond acceptors (Lipinski definition) is 4. The molecule has 1 fully saturated rings. The molecule has 0 aliphatic heterocycles. The molecule has 0 spiro atoms. The number of esters is 1. The Bertz CT molecular complexity index is 978. The highest BCUT2D eigenvalue weighted by Crippen LogP contribution is 2.48. The molecule has 0 saturated heterocycles. The minimum Gasteiger partial charge on any atom is -0.465 e. The molecule has 4 rings (SSSR count). The maximum absolute atomic E-state index is 12.6. The molecule has 1 heterocycles. The first-order valence-corrected chi connectivity index (χ1v) is 8.69. The van der Waals surface area contributed by atoms with Crippen molar-refractivity contribution >= 4 is 22.5 Å². The molecule has 0 bridgehead atoms. The third-order valence-electron chi connectivity index (χ3n) is 5.05. The average Bonchev–Trinajstić information content (AvgIpc) is 3.48. The predicted molar refractivity (Wildman–Crippen MR) is 106 cm³/mol. The van der Waals surface area contributed by atoms with E-state index in [1.165, 1.54) is 7.11 Å². The van der Waals surface area contributed by atoms with Crippen LogP contribution in [0.25, 0.3) is 10.8 Å². The first-order chi connectivity index (χ1) is 12.7. The Morgan fingerprint density at radius 3 is 2.59 bits per heavy atom. The van der Waals surface area contributed by atoms with Crippen molar-refractivity contribution in [1.29, 1.82) is 0 Å². The molecule has 0 amide bonds. The number of carbonyl (C=O) groups excluding carboxylic acids is 2. The van der Waals surface area contributed by atoms with Crippen LogP contribution in [0, 0.1) is 5.92 Å². The summed E-state index contributed by atoms with van der Waals surface area (Å²) in [5, 5.41) is 2.19. The molecule has 3 aromatic rings. The van der Waals surface area contributed by atoms with Gasteiger partial charge in [0.25, 0.3) is 0 Å². The van der Waals surface area contributed by atoms with Crippen LogP contribution in [-0.2, 0) is 16.0 Å². The van der Waals surface area contributed by atoms with Crippen molar-refractivity contribution in [2.45, 2.75) is 26.2 Å². The normalized spacial score (nSPS) is 17.8. The molecule has 0 radical (unpaired) electrons. The van der Waals surface area contributed by atoms with E-state index in [-0.39, 0.29) is 31.0 Å². The summed E-state index contributed by atoms with van der Waals surface area (Å²) in [6, 6.07) is 15.4.